The Morgan fingerprint density at radius 1 is 1.00 bits per heavy atom. The van der Waals surface area contributed by atoms with Gasteiger partial charge in [0.2, 0.25) is 0 Å². The lowest BCUT2D eigenvalue weighted by molar-refractivity contribution is 0.980. The van der Waals surface area contributed by atoms with E-state index < -0.39 is 0 Å². The van der Waals surface area contributed by atoms with Crippen LogP contribution in [-0.2, 0) is 0 Å². The molecule has 0 saturated heterocycles. The van der Waals surface area contributed by atoms with Crippen LogP contribution in [-0.4, -0.2) is 21.5 Å². The third-order valence-electron chi connectivity index (χ3n) is 3.41. The molecule has 6 nitrogen and oxygen atoms in total. The van der Waals surface area contributed by atoms with Crippen molar-refractivity contribution in [3.63, 3.8) is 0 Å². The van der Waals surface area contributed by atoms with E-state index in [0.29, 0.717) is 23.1 Å². The molecule has 2 heterocycles. The lowest BCUT2D eigenvalue weighted by Gasteiger charge is -2.24. The van der Waals surface area contributed by atoms with Crippen molar-refractivity contribution >= 4 is 28.8 Å². The molecule has 0 spiro atoms. The van der Waals surface area contributed by atoms with Crippen LogP contribution in [0.5, 0.6) is 0 Å². The van der Waals surface area contributed by atoms with E-state index in [1.54, 1.807) is 6.20 Å². The summed E-state index contributed by atoms with van der Waals surface area (Å²) in [4.78, 5) is 14.9. The second-order valence-electron chi connectivity index (χ2n) is 4.88. The maximum Gasteiger partial charge on any atom is 0.161 e. The van der Waals surface area contributed by atoms with Crippen LogP contribution in [0.3, 0.4) is 0 Å². The normalized spacial score (nSPS) is 10.3. The zero-order valence-electron chi connectivity index (χ0n) is 12.8. The summed E-state index contributed by atoms with van der Waals surface area (Å²) in [7, 11) is 0. The minimum Gasteiger partial charge on any atom is -0.393 e. The lowest BCUT2D eigenvalue weighted by Crippen LogP contribution is -2.19. The highest BCUT2D eigenvalue weighted by Crippen LogP contribution is 2.32. The second-order valence-corrected chi connectivity index (χ2v) is 4.88. The topological polar surface area (TPSA) is 80.0 Å². The van der Waals surface area contributed by atoms with Gasteiger partial charge in [-0.3, -0.25) is 0 Å². The molecule has 3 rings (SSSR count). The molecule has 0 amide bonds. The number of nitrogens with two attached hydrogens (primary N) is 1. The van der Waals surface area contributed by atoms with Gasteiger partial charge < -0.3 is 16.0 Å². The molecule has 6 heteroatoms. The number of nitrogens with zero attached hydrogens (tertiary/aromatic N) is 4. The van der Waals surface area contributed by atoms with Crippen LogP contribution >= 0.6 is 0 Å². The largest absolute Gasteiger partial charge is 0.393 e. The van der Waals surface area contributed by atoms with Crippen molar-refractivity contribution in [2.45, 2.75) is 6.92 Å². The van der Waals surface area contributed by atoms with Crippen LogP contribution in [0.1, 0.15) is 6.92 Å². The molecule has 23 heavy (non-hydrogen) atoms. The lowest BCUT2D eigenvalue weighted by atomic mass is 10.2. The summed E-state index contributed by atoms with van der Waals surface area (Å²) in [5.41, 5.74) is 7.81. The Labute approximate surface area is 135 Å². The molecule has 0 aliphatic carbocycles. The smallest absolute Gasteiger partial charge is 0.161 e. The van der Waals surface area contributed by atoms with Gasteiger partial charge in [-0.2, -0.15) is 0 Å². The molecule has 0 bridgehead atoms. The van der Waals surface area contributed by atoms with Crippen molar-refractivity contribution in [1.29, 1.82) is 0 Å². The molecule has 3 aromatic rings. The van der Waals surface area contributed by atoms with Crippen LogP contribution in [0.4, 0.5) is 28.8 Å². The maximum atomic E-state index is 6.29. The van der Waals surface area contributed by atoms with Crippen molar-refractivity contribution < 1.29 is 0 Å². The molecule has 0 radical (unpaired) electrons. The number of hydrogen-bond acceptors (Lipinski definition) is 6. The van der Waals surface area contributed by atoms with Crippen molar-refractivity contribution in [3.05, 3.63) is 61.1 Å². The molecule has 0 fully saturated rings. The van der Waals surface area contributed by atoms with Crippen molar-refractivity contribution in [2.24, 2.45) is 0 Å². The molecule has 116 valence electrons. The molecule has 3 N–H and O–H groups in total. The first-order valence-electron chi connectivity index (χ1n) is 7.40. The van der Waals surface area contributed by atoms with Gasteiger partial charge in [-0.1, -0.05) is 24.3 Å². The number of nitrogens with one attached hydrogen (secondary N) is 1. The monoisotopic (exact) mass is 306 g/mol. The fourth-order valence-corrected chi connectivity index (χ4v) is 2.32. The quantitative estimate of drug-likeness (QED) is 0.752. The Bertz CT molecular complexity index is 761. The third kappa shape index (κ3) is 3.21. The average molecular weight is 306 g/mol. The van der Waals surface area contributed by atoms with E-state index in [9.17, 15) is 0 Å². The van der Waals surface area contributed by atoms with Gasteiger partial charge in [0.05, 0.1) is 0 Å². The highest BCUT2D eigenvalue weighted by Gasteiger charge is 2.15. The van der Waals surface area contributed by atoms with Crippen LogP contribution in [0.2, 0.25) is 0 Å². The second kappa shape index (κ2) is 6.74. The van der Waals surface area contributed by atoms with Gasteiger partial charge in [-0.25, -0.2) is 15.0 Å². The minimum atomic E-state index is 0.490. The van der Waals surface area contributed by atoms with Crippen LogP contribution in [0, 0.1) is 0 Å². The summed E-state index contributed by atoms with van der Waals surface area (Å²) in [5.74, 6) is 1.90. The van der Waals surface area contributed by atoms with Gasteiger partial charge in [0, 0.05) is 18.4 Å². The molecule has 1 aromatic carbocycles. The summed E-state index contributed by atoms with van der Waals surface area (Å²) >= 11 is 0. The van der Waals surface area contributed by atoms with E-state index in [4.69, 9.17) is 5.73 Å². The zero-order valence-corrected chi connectivity index (χ0v) is 12.8. The molecule has 0 aliphatic rings. The first kappa shape index (κ1) is 14.8. The van der Waals surface area contributed by atoms with E-state index in [-0.39, 0.29) is 0 Å². The Kier molecular flexibility index (Phi) is 4.33. The Balaban J connectivity index is 1.96. The molecule has 0 unspecified atom stereocenters. The summed E-state index contributed by atoms with van der Waals surface area (Å²) in [6.45, 7) is 2.80. The predicted molar refractivity (Wildman–Crippen MR) is 93.1 cm³/mol. The number of para-hydroxylation sites is 1. The van der Waals surface area contributed by atoms with Gasteiger partial charge in [0.1, 0.15) is 17.8 Å². The molecular formula is C17H18N6. The van der Waals surface area contributed by atoms with Gasteiger partial charge in [-0.15, -0.1) is 0 Å². The zero-order chi connectivity index (χ0) is 16.1. The van der Waals surface area contributed by atoms with Gasteiger partial charge >= 0.3 is 0 Å². The Morgan fingerprint density at radius 3 is 2.48 bits per heavy atom. The molecular weight excluding hydrogens is 288 g/mol. The van der Waals surface area contributed by atoms with E-state index in [2.05, 4.69) is 27.2 Å². The Morgan fingerprint density at radius 2 is 1.78 bits per heavy atom. The fourth-order valence-electron chi connectivity index (χ4n) is 2.32. The average Bonchev–Trinajstić information content (AvgIpc) is 2.61. The molecule has 0 aliphatic heterocycles. The Hall–Kier alpha value is -3.15. The van der Waals surface area contributed by atoms with Gasteiger partial charge in [0.15, 0.2) is 11.6 Å². The highest BCUT2D eigenvalue weighted by atomic mass is 15.2. The van der Waals surface area contributed by atoms with Crippen LogP contribution < -0.4 is 16.0 Å². The maximum absolute atomic E-state index is 6.29. The standard InChI is InChI=1S/C17H18N6/c1-2-23(13-8-4-3-5-9-13)17-15(18)16(20-12-21-17)22-14-10-6-7-11-19-14/h3-12H,2,18H2,1H3,(H,19,20,21,22). The number of anilines is 5. The molecule has 2 aromatic heterocycles. The predicted octanol–water partition coefficient (Wildman–Crippen LogP) is 3.36. The SMILES string of the molecule is CCN(c1ccccc1)c1ncnc(Nc2ccccn2)c1N. The van der Waals surface area contributed by atoms with Gasteiger partial charge in [0.25, 0.3) is 0 Å². The molecule has 0 atom stereocenters. The van der Waals surface area contributed by atoms with E-state index in [0.717, 1.165) is 12.2 Å². The first-order valence-corrected chi connectivity index (χ1v) is 7.40. The number of aromatic nitrogens is 3. The van der Waals surface area contributed by atoms with E-state index in [1.807, 2.05) is 53.4 Å². The summed E-state index contributed by atoms with van der Waals surface area (Å²) in [6, 6.07) is 15.6. The highest BCUT2D eigenvalue weighted by molar-refractivity contribution is 5.80. The minimum absolute atomic E-state index is 0.490. The summed E-state index contributed by atoms with van der Waals surface area (Å²) < 4.78 is 0. The first-order chi connectivity index (χ1) is 11.3. The number of hydrogen-bond donors (Lipinski definition) is 2. The van der Waals surface area contributed by atoms with Crippen LogP contribution in [0.15, 0.2) is 61.1 Å². The number of benzene rings is 1. The summed E-state index contributed by atoms with van der Waals surface area (Å²) in [5, 5.41) is 3.13. The van der Waals surface area contributed by atoms with Crippen molar-refractivity contribution in [3.8, 4) is 0 Å². The van der Waals surface area contributed by atoms with E-state index >= 15 is 0 Å². The number of pyridine rings is 1. The number of rotatable bonds is 5. The number of nitrogen functional groups attached to an aromatic ring is 1. The summed E-state index contributed by atoms with van der Waals surface area (Å²) in [6.07, 6.45) is 3.21. The third-order valence-corrected chi connectivity index (χ3v) is 3.41. The molecule has 0 saturated carbocycles. The van der Waals surface area contributed by atoms with E-state index in [1.165, 1.54) is 6.33 Å². The van der Waals surface area contributed by atoms with Gasteiger partial charge in [-0.05, 0) is 31.2 Å². The van der Waals surface area contributed by atoms with Crippen LogP contribution in [0.25, 0.3) is 0 Å². The van der Waals surface area contributed by atoms with Crippen molar-refractivity contribution in [2.75, 3.05) is 22.5 Å². The van der Waals surface area contributed by atoms with Crippen molar-refractivity contribution in [1.82, 2.24) is 15.0 Å². The fraction of sp³-hybridized carbons (Fsp3) is 0.118.